The first-order valence-electron chi connectivity index (χ1n) is 9.67. The zero-order chi connectivity index (χ0) is 21.6. The van der Waals surface area contributed by atoms with Gasteiger partial charge >= 0.3 is 0 Å². The first kappa shape index (κ1) is 20.2. The molecule has 1 N–H and O–H groups in total. The maximum absolute atomic E-state index is 12.9. The van der Waals surface area contributed by atoms with Crippen LogP contribution in [0.3, 0.4) is 0 Å². The van der Waals surface area contributed by atoms with Crippen molar-refractivity contribution in [2.45, 2.75) is 4.90 Å². The van der Waals surface area contributed by atoms with E-state index in [9.17, 15) is 13.2 Å². The summed E-state index contributed by atoms with van der Waals surface area (Å²) in [4.78, 5) is 17.4. The van der Waals surface area contributed by atoms with Crippen LogP contribution in [0.25, 0.3) is 10.2 Å². The number of anilines is 1. The largest absolute Gasteiger partial charge is 0.486 e. The number of thiazole rings is 1. The first-order chi connectivity index (χ1) is 14.9. The molecule has 0 bridgehead atoms. The van der Waals surface area contributed by atoms with Crippen LogP contribution in [-0.2, 0) is 21.8 Å². The number of carbonyl (C=O) groups is 1. The van der Waals surface area contributed by atoms with Gasteiger partial charge in [-0.3, -0.25) is 10.1 Å². The van der Waals surface area contributed by atoms with Gasteiger partial charge in [-0.05, 0) is 6.07 Å². The molecule has 0 aliphatic carbocycles. The molecule has 31 heavy (non-hydrogen) atoms. The Kier molecular flexibility index (Phi) is 5.08. The monoisotopic (exact) mass is 464 g/mol. The molecule has 2 aliphatic rings. The van der Waals surface area contributed by atoms with Crippen LogP contribution in [0, 0.1) is 0 Å². The van der Waals surface area contributed by atoms with Crippen LogP contribution in [0.5, 0.6) is 11.5 Å². The zero-order valence-electron chi connectivity index (χ0n) is 16.7. The van der Waals surface area contributed by atoms with E-state index in [1.165, 1.54) is 32.5 Å². The number of sulfonamides is 1. The summed E-state index contributed by atoms with van der Waals surface area (Å²) in [6.07, 6.45) is 1.45. The Hall–Kier alpha value is -2.67. The number of nitrogens with one attached hydrogen (secondary N) is 1. The summed E-state index contributed by atoms with van der Waals surface area (Å²) >= 11 is 1.31. The van der Waals surface area contributed by atoms with Gasteiger partial charge in [0.1, 0.15) is 23.8 Å². The quantitative estimate of drug-likeness (QED) is 0.625. The molecule has 0 saturated carbocycles. The molecule has 2 aromatic heterocycles. The molecule has 1 amide bonds. The highest BCUT2D eigenvalue weighted by Gasteiger charge is 2.29. The number of hydrogen-bond acceptors (Lipinski definition) is 8. The Morgan fingerprint density at radius 2 is 1.81 bits per heavy atom. The summed E-state index contributed by atoms with van der Waals surface area (Å²) in [5.74, 6) is 0.838. The third-order valence-electron chi connectivity index (χ3n) is 5.09. The van der Waals surface area contributed by atoms with Crippen LogP contribution in [0.1, 0.15) is 10.5 Å². The van der Waals surface area contributed by atoms with Crippen LogP contribution in [0.4, 0.5) is 5.13 Å². The predicted octanol–water partition coefficient (Wildman–Crippen LogP) is 1.68. The molecule has 164 valence electrons. The zero-order valence-corrected chi connectivity index (χ0v) is 18.3. The molecular formula is C19H20N4O6S2. The minimum absolute atomic E-state index is 0.0772. The number of carbonyl (C=O) groups excluding carboxylic acids is 1. The smallest absolute Gasteiger partial charge is 0.274 e. The van der Waals surface area contributed by atoms with Crippen molar-refractivity contribution in [3.05, 3.63) is 30.1 Å². The Bertz CT molecular complexity index is 1220. The highest BCUT2D eigenvalue weighted by Crippen LogP contribution is 2.38. The number of benzene rings is 1. The molecule has 0 spiro atoms. The van der Waals surface area contributed by atoms with E-state index in [1.807, 2.05) is 6.07 Å². The van der Waals surface area contributed by atoms with Crippen molar-refractivity contribution in [3.8, 4) is 11.5 Å². The van der Waals surface area contributed by atoms with Crippen molar-refractivity contribution in [3.63, 3.8) is 0 Å². The number of fused-ring (bicyclic) bond motifs is 2. The average Bonchev–Trinajstić information content (AvgIpc) is 3.35. The van der Waals surface area contributed by atoms with Gasteiger partial charge in [0.2, 0.25) is 10.0 Å². The number of aromatic nitrogens is 2. The molecule has 3 aromatic rings. The highest BCUT2D eigenvalue weighted by molar-refractivity contribution is 7.89. The van der Waals surface area contributed by atoms with Crippen molar-refractivity contribution in [1.29, 1.82) is 0 Å². The van der Waals surface area contributed by atoms with Crippen molar-refractivity contribution < 1.29 is 27.4 Å². The molecule has 1 fully saturated rings. The van der Waals surface area contributed by atoms with Crippen molar-refractivity contribution >= 4 is 42.6 Å². The van der Waals surface area contributed by atoms with Crippen LogP contribution < -0.4 is 14.8 Å². The van der Waals surface area contributed by atoms with Gasteiger partial charge in [0.05, 0.1) is 23.4 Å². The molecule has 4 heterocycles. The van der Waals surface area contributed by atoms with Crippen LogP contribution in [0.15, 0.2) is 29.3 Å². The van der Waals surface area contributed by atoms with Gasteiger partial charge < -0.3 is 18.8 Å². The fraction of sp³-hybridized carbons (Fsp3) is 0.368. The van der Waals surface area contributed by atoms with Gasteiger partial charge in [-0.1, -0.05) is 11.3 Å². The van der Waals surface area contributed by atoms with Crippen LogP contribution in [-0.4, -0.2) is 67.7 Å². The second kappa shape index (κ2) is 7.79. The lowest BCUT2D eigenvalue weighted by Crippen LogP contribution is -2.40. The summed E-state index contributed by atoms with van der Waals surface area (Å²) in [5.41, 5.74) is 0.907. The fourth-order valence-electron chi connectivity index (χ4n) is 3.52. The number of ether oxygens (including phenoxy) is 3. The molecule has 0 unspecified atom stereocenters. The number of nitrogens with zero attached hydrogens (tertiary/aromatic N) is 3. The van der Waals surface area contributed by atoms with E-state index in [2.05, 4.69) is 10.3 Å². The number of hydrogen-bond donors (Lipinski definition) is 1. The third-order valence-corrected chi connectivity index (χ3v) is 7.89. The first-order valence-corrected chi connectivity index (χ1v) is 11.9. The number of amides is 1. The molecule has 1 saturated heterocycles. The molecule has 5 rings (SSSR count). The molecule has 0 radical (unpaired) electrons. The summed E-state index contributed by atoms with van der Waals surface area (Å²) in [6, 6.07) is 5.01. The van der Waals surface area contributed by atoms with Gasteiger partial charge in [-0.25, -0.2) is 13.4 Å². The Morgan fingerprint density at radius 1 is 1.10 bits per heavy atom. The second-order valence-electron chi connectivity index (χ2n) is 7.13. The van der Waals surface area contributed by atoms with Crippen LogP contribution in [0.2, 0.25) is 0 Å². The summed E-state index contributed by atoms with van der Waals surface area (Å²) in [5, 5.41) is 3.16. The Balaban J connectivity index is 1.38. The van der Waals surface area contributed by atoms with Gasteiger partial charge in [0.15, 0.2) is 16.6 Å². The molecule has 10 nitrogen and oxygen atoms in total. The number of morpholine rings is 1. The summed E-state index contributed by atoms with van der Waals surface area (Å²) in [7, 11) is -2.06. The van der Waals surface area contributed by atoms with Gasteiger partial charge in [-0.2, -0.15) is 4.31 Å². The Labute approximate surface area is 182 Å². The van der Waals surface area contributed by atoms with Crippen molar-refractivity contribution in [2.75, 3.05) is 44.8 Å². The molecule has 0 atom stereocenters. The lowest BCUT2D eigenvalue weighted by molar-refractivity contribution is 0.0730. The maximum Gasteiger partial charge on any atom is 0.274 e. The lowest BCUT2D eigenvalue weighted by atomic mass is 10.3. The third kappa shape index (κ3) is 3.76. The van der Waals surface area contributed by atoms with E-state index in [-0.39, 0.29) is 10.6 Å². The normalized spacial score (nSPS) is 17.1. The van der Waals surface area contributed by atoms with Gasteiger partial charge in [0, 0.05) is 38.5 Å². The standard InChI is InChI=1S/C19H20N4O6S2/c1-22-11-12(31(25,26)23-2-4-27-5-3-23)8-14(22)18(24)21-19-20-13-9-15-16(10-17(13)30-19)29-7-6-28-15/h8-11H,2-7H2,1H3,(H,20,21,24). The Morgan fingerprint density at radius 3 is 2.55 bits per heavy atom. The van der Waals surface area contributed by atoms with Crippen molar-refractivity contribution in [2.24, 2.45) is 7.05 Å². The number of aryl methyl sites for hydroxylation is 1. The topological polar surface area (TPSA) is 112 Å². The molecular weight excluding hydrogens is 444 g/mol. The SMILES string of the molecule is Cn1cc(S(=O)(=O)N2CCOCC2)cc1C(=O)Nc1nc2cc3c(cc2s1)OCCO3. The maximum atomic E-state index is 12.9. The predicted molar refractivity (Wildman–Crippen MR) is 114 cm³/mol. The minimum atomic E-state index is -3.69. The van der Waals surface area contributed by atoms with Gasteiger partial charge in [-0.15, -0.1) is 0 Å². The average molecular weight is 465 g/mol. The highest BCUT2D eigenvalue weighted by atomic mass is 32.2. The fourth-order valence-corrected chi connectivity index (χ4v) is 5.87. The minimum Gasteiger partial charge on any atom is -0.486 e. The van der Waals surface area contributed by atoms with E-state index in [0.29, 0.717) is 61.7 Å². The van der Waals surface area contributed by atoms with E-state index >= 15 is 0 Å². The lowest BCUT2D eigenvalue weighted by Gasteiger charge is -2.25. The molecule has 1 aromatic carbocycles. The van der Waals surface area contributed by atoms with E-state index < -0.39 is 15.9 Å². The number of rotatable bonds is 4. The van der Waals surface area contributed by atoms with Crippen molar-refractivity contribution in [1.82, 2.24) is 13.9 Å². The van der Waals surface area contributed by atoms with E-state index in [0.717, 1.165) is 4.70 Å². The van der Waals surface area contributed by atoms with Crippen LogP contribution >= 0.6 is 11.3 Å². The second-order valence-corrected chi connectivity index (χ2v) is 10.1. The molecule has 12 heteroatoms. The van der Waals surface area contributed by atoms with E-state index in [4.69, 9.17) is 14.2 Å². The summed E-state index contributed by atoms with van der Waals surface area (Å²) in [6.45, 7) is 2.27. The van der Waals surface area contributed by atoms with E-state index in [1.54, 1.807) is 13.1 Å². The van der Waals surface area contributed by atoms with Gasteiger partial charge in [0.25, 0.3) is 5.91 Å². The molecule has 2 aliphatic heterocycles. The summed E-state index contributed by atoms with van der Waals surface area (Å²) < 4.78 is 45.8.